The molecule has 5 rings (SSSR count). The molecular weight excluding hydrogens is 340 g/mol. The second kappa shape index (κ2) is 6.79. The molecule has 2 heterocycles. The largest absolute Gasteiger partial charge is 0.454 e. The van der Waals surface area contributed by atoms with Gasteiger partial charge in [-0.25, -0.2) is 4.98 Å². The summed E-state index contributed by atoms with van der Waals surface area (Å²) in [5.74, 6) is 3.05. The first-order valence-corrected chi connectivity index (χ1v) is 9.17. The third-order valence-electron chi connectivity index (χ3n) is 4.62. The minimum absolute atomic E-state index is 0.286. The molecule has 0 spiro atoms. The number of hydrogen-bond acceptors (Lipinski definition) is 6. The van der Waals surface area contributed by atoms with Gasteiger partial charge in [-0.05, 0) is 30.5 Å². The van der Waals surface area contributed by atoms with Crippen LogP contribution in [0.2, 0.25) is 0 Å². The lowest BCUT2D eigenvalue weighted by molar-refractivity contribution is 0.174. The van der Waals surface area contributed by atoms with Crippen LogP contribution < -0.4 is 20.1 Å². The van der Waals surface area contributed by atoms with Gasteiger partial charge in [-0.3, -0.25) is 0 Å². The third-order valence-corrected chi connectivity index (χ3v) is 4.62. The highest BCUT2D eigenvalue weighted by Gasteiger charge is 2.22. The van der Waals surface area contributed by atoms with Crippen molar-refractivity contribution >= 4 is 11.8 Å². The standard InChI is InChI=1S/C21H20N4O2/c1-2-4-15(5-3-1)17-11-20(25-21(24-17)23-16-7-8-16)22-12-14-6-9-18-19(10-14)27-13-26-18/h1-6,9-11,16H,7-8,12-13H2,(H2,22,23,24,25). The average molecular weight is 360 g/mol. The summed E-state index contributed by atoms with van der Waals surface area (Å²) in [4.78, 5) is 9.32. The molecule has 2 aromatic carbocycles. The van der Waals surface area contributed by atoms with Crippen molar-refractivity contribution in [2.45, 2.75) is 25.4 Å². The van der Waals surface area contributed by atoms with Gasteiger partial charge in [0.15, 0.2) is 11.5 Å². The predicted molar refractivity (Wildman–Crippen MR) is 104 cm³/mol. The molecule has 1 aliphatic heterocycles. The maximum atomic E-state index is 5.45. The van der Waals surface area contributed by atoms with E-state index in [1.165, 1.54) is 12.8 Å². The zero-order chi connectivity index (χ0) is 18.1. The molecule has 2 N–H and O–H groups in total. The molecule has 1 fully saturated rings. The fourth-order valence-corrected chi connectivity index (χ4v) is 3.01. The second-order valence-electron chi connectivity index (χ2n) is 6.79. The molecule has 0 atom stereocenters. The summed E-state index contributed by atoms with van der Waals surface area (Å²) in [6.45, 7) is 0.930. The Morgan fingerprint density at radius 3 is 2.63 bits per heavy atom. The molecule has 27 heavy (non-hydrogen) atoms. The number of nitrogens with one attached hydrogen (secondary N) is 2. The summed E-state index contributed by atoms with van der Waals surface area (Å²) < 4.78 is 10.8. The van der Waals surface area contributed by atoms with Crippen LogP contribution in [0.3, 0.4) is 0 Å². The van der Waals surface area contributed by atoms with Crippen LogP contribution in [-0.4, -0.2) is 22.8 Å². The van der Waals surface area contributed by atoms with E-state index in [1.807, 2.05) is 42.5 Å². The molecule has 0 bridgehead atoms. The highest BCUT2D eigenvalue weighted by atomic mass is 16.7. The second-order valence-corrected chi connectivity index (χ2v) is 6.79. The summed E-state index contributed by atoms with van der Waals surface area (Å²) >= 11 is 0. The number of hydrogen-bond donors (Lipinski definition) is 2. The smallest absolute Gasteiger partial charge is 0.231 e. The molecule has 0 saturated heterocycles. The van der Waals surface area contributed by atoms with E-state index in [2.05, 4.69) is 32.7 Å². The van der Waals surface area contributed by atoms with Crippen molar-refractivity contribution in [1.29, 1.82) is 0 Å². The van der Waals surface area contributed by atoms with Crippen LogP contribution in [0.5, 0.6) is 11.5 Å². The number of rotatable bonds is 6. The minimum Gasteiger partial charge on any atom is -0.454 e. The normalized spacial score (nSPS) is 14.8. The molecule has 3 aromatic rings. The number of benzene rings is 2. The van der Waals surface area contributed by atoms with Crippen molar-refractivity contribution in [1.82, 2.24) is 9.97 Å². The number of nitrogens with zero attached hydrogens (tertiary/aromatic N) is 2. The summed E-state index contributed by atoms with van der Waals surface area (Å²) in [6.07, 6.45) is 2.36. The first-order valence-electron chi connectivity index (χ1n) is 9.17. The van der Waals surface area contributed by atoms with Gasteiger partial charge in [0.1, 0.15) is 5.82 Å². The Bertz CT molecular complexity index is 958. The zero-order valence-electron chi connectivity index (χ0n) is 14.8. The highest BCUT2D eigenvalue weighted by molar-refractivity contribution is 5.64. The number of ether oxygens (including phenoxy) is 2. The van der Waals surface area contributed by atoms with Gasteiger partial charge >= 0.3 is 0 Å². The van der Waals surface area contributed by atoms with E-state index in [0.29, 0.717) is 18.5 Å². The molecule has 0 unspecified atom stereocenters. The summed E-state index contributed by atoms with van der Waals surface area (Å²) in [5.41, 5.74) is 3.09. The van der Waals surface area contributed by atoms with Crippen LogP contribution in [0.25, 0.3) is 11.3 Å². The van der Waals surface area contributed by atoms with Crippen molar-refractivity contribution < 1.29 is 9.47 Å². The van der Waals surface area contributed by atoms with E-state index in [-0.39, 0.29) is 6.79 Å². The summed E-state index contributed by atoms with van der Waals surface area (Å²) in [7, 11) is 0. The molecule has 136 valence electrons. The first kappa shape index (κ1) is 15.9. The van der Waals surface area contributed by atoms with Crippen molar-refractivity contribution in [2.24, 2.45) is 0 Å². The molecule has 1 aliphatic carbocycles. The van der Waals surface area contributed by atoms with E-state index >= 15 is 0 Å². The fourth-order valence-electron chi connectivity index (χ4n) is 3.01. The van der Waals surface area contributed by atoms with E-state index in [4.69, 9.17) is 9.47 Å². The van der Waals surface area contributed by atoms with E-state index in [1.54, 1.807) is 0 Å². The Labute approximate surface area is 157 Å². The first-order chi connectivity index (χ1) is 13.3. The average Bonchev–Trinajstić information content (AvgIpc) is 3.40. The lowest BCUT2D eigenvalue weighted by Crippen LogP contribution is -2.09. The van der Waals surface area contributed by atoms with Crippen molar-refractivity contribution in [3.8, 4) is 22.8 Å². The summed E-state index contributed by atoms with van der Waals surface area (Å²) in [6, 6.07) is 18.6. The Balaban J connectivity index is 1.39. The van der Waals surface area contributed by atoms with Crippen molar-refractivity contribution in [3.05, 3.63) is 60.2 Å². The number of fused-ring (bicyclic) bond motifs is 1. The van der Waals surface area contributed by atoms with Gasteiger partial charge in [0.2, 0.25) is 12.7 Å². The Hall–Kier alpha value is -3.28. The summed E-state index contributed by atoms with van der Waals surface area (Å²) in [5, 5.41) is 6.81. The molecule has 0 radical (unpaired) electrons. The monoisotopic (exact) mass is 360 g/mol. The zero-order valence-corrected chi connectivity index (χ0v) is 14.8. The van der Waals surface area contributed by atoms with Crippen molar-refractivity contribution in [2.75, 3.05) is 17.4 Å². The van der Waals surface area contributed by atoms with Gasteiger partial charge in [-0.2, -0.15) is 4.98 Å². The quantitative estimate of drug-likeness (QED) is 0.691. The van der Waals surface area contributed by atoms with Crippen LogP contribution in [0, 0.1) is 0 Å². The fraction of sp³-hybridized carbons (Fsp3) is 0.238. The SMILES string of the molecule is c1ccc(-c2cc(NCc3ccc4c(c3)OCO4)nc(NC3CC3)n2)cc1. The Morgan fingerprint density at radius 1 is 0.926 bits per heavy atom. The molecule has 1 aromatic heterocycles. The molecule has 1 saturated carbocycles. The van der Waals surface area contributed by atoms with Gasteiger partial charge in [0, 0.05) is 24.2 Å². The Morgan fingerprint density at radius 2 is 1.78 bits per heavy atom. The van der Waals surface area contributed by atoms with E-state index in [9.17, 15) is 0 Å². The lowest BCUT2D eigenvalue weighted by atomic mass is 10.1. The molecular formula is C21H20N4O2. The van der Waals surface area contributed by atoms with Gasteiger partial charge in [0.05, 0.1) is 5.69 Å². The van der Waals surface area contributed by atoms with Crippen LogP contribution in [-0.2, 0) is 6.54 Å². The van der Waals surface area contributed by atoms with Crippen LogP contribution in [0.4, 0.5) is 11.8 Å². The minimum atomic E-state index is 0.286. The van der Waals surface area contributed by atoms with Crippen LogP contribution in [0.15, 0.2) is 54.6 Å². The van der Waals surface area contributed by atoms with Gasteiger partial charge in [0.25, 0.3) is 0 Å². The van der Waals surface area contributed by atoms with Gasteiger partial charge < -0.3 is 20.1 Å². The predicted octanol–water partition coefficient (Wildman–Crippen LogP) is 4.06. The van der Waals surface area contributed by atoms with Gasteiger partial charge in [-0.15, -0.1) is 0 Å². The molecule has 2 aliphatic rings. The number of aromatic nitrogens is 2. The maximum absolute atomic E-state index is 5.45. The highest BCUT2D eigenvalue weighted by Crippen LogP contribution is 2.33. The lowest BCUT2D eigenvalue weighted by Gasteiger charge is -2.11. The Kier molecular flexibility index (Phi) is 4.01. The third kappa shape index (κ3) is 3.65. The topological polar surface area (TPSA) is 68.3 Å². The molecule has 6 nitrogen and oxygen atoms in total. The molecule has 0 amide bonds. The van der Waals surface area contributed by atoms with Crippen molar-refractivity contribution in [3.63, 3.8) is 0 Å². The van der Waals surface area contributed by atoms with Crippen LogP contribution in [0.1, 0.15) is 18.4 Å². The molecule has 6 heteroatoms. The van der Waals surface area contributed by atoms with E-state index < -0.39 is 0 Å². The number of anilines is 2. The van der Waals surface area contributed by atoms with E-state index in [0.717, 1.165) is 34.1 Å². The van der Waals surface area contributed by atoms with Gasteiger partial charge in [-0.1, -0.05) is 36.4 Å². The maximum Gasteiger partial charge on any atom is 0.231 e. The van der Waals surface area contributed by atoms with Crippen LogP contribution >= 0.6 is 0 Å².